The highest BCUT2D eigenvalue weighted by molar-refractivity contribution is 6.42. The Morgan fingerprint density at radius 1 is 1.13 bits per heavy atom. The van der Waals surface area contributed by atoms with Crippen LogP contribution in [0.5, 0.6) is 0 Å². The molecular formula is C13H8Cl2N4O4. The van der Waals surface area contributed by atoms with Crippen molar-refractivity contribution >= 4 is 52.0 Å². The Morgan fingerprint density at radius 3 is 2.35 bits per heavy atom. The Kier molecular flexibility index (Phi) is 3.72. The summed E-state index contributed by atoms with van der Waals surface area (Å²) in [5.74, 6) is 0. The van der Waals surface area contributed by atoms with Gasteiger partial charge >= 0.3 is 6.03 Å². The second-order valence-electron chi connectivity index (χ2n) is 4.59. The first-order valence-corrected chi connectivity index (χ1v) is 6.97. The summed E-state index contributed by atoms with van der Waals surface area (Å²) in [7, 11) is 0. The van der Waals surface area contributed by atoms with Crippen LogP contribution in [0.25, 0.3) is 0 Å². The van der Waals surface area contributed by atoms with E-state index in [-0.39, 0.29) is 32.8 Å². The van der Waals surface area contributed by atoms with Crippen molar-refractivity contribution in [2.24, 2.45) is 0 Å². The summed E-state index contributed by atoms with van der Waals surface area (Å²) in [5, 5.41) is 25.4. The lowest BCUT2D eigenvalue weighted by Crippen LogP contribution is -2.51. The van der Waals surface area contributed by atoms with Crippen LogP contribution in [0.4, 0.5) is 27.5 Å². The lowest BCUT2D eigenvalue weighted by atomic mass is 10.2. The van der Waals surface area contributed by atoms with Crippen LogP contribution in [-0.2, 0) is 0 Å². The van der Waals surface area contributed by atoms with Gasteiger partial charge in [-0.15, -0.1) is 0 Å². The van der Waals surface area contributed by atoms with Crippen LogP contribution in [0.2, 0.25) is 10.0 Å². The van der Waals surface area contributed by atoms with Gasteiger partial charge in [-0.05, 0) is 24.3 Å². The molecular weight excluding hydrogens is 347 g/mol. The largest absolute Gasteiger partial charge is 0.347 e. The molecule has 0 atom stereocenters. The van der Waals surface area contributed by atoms with E-state index < -0.39 is 11.0 Å². The van der Waals surface area contributed by atoms with Crippen molar-refractivity contribution < 1.29 is 14.9 Å². The number of fused-ring (bicyclic) bond motifs is 1. The van der Waals surface area contributed by atoms with Crippen molar-refractivity contribution in [3.63, 3.8) is 0 Å². The number of nitro benzene ring substituents is 1. The van der Waals surface area contributed by atoms with Gasteiger partial charge in [0.25, 0.3) is 5.69 Å². The third kappa shape index (κ3) is 2.63. The predicted molar refractivity (Wildman–Crippen MR) is 85.3 cm³/mol. The summed E-state index contributed by atoms with van der Waals surface area (Å²) < 4.78 is 0. The Morgan fingerprint density at radius 2 is 1.74 bits per heavy atom. The zero-order chi connectivity index (χ0) is 16.7. The number of non-ortho nitro benzene ring substituents is 1. The smallest absolute Gasteiger partial charge is 0.304 e. The molecule has 2 aromatic carbocycles. The zero-order valence-electron chi connectivity index (χ0n) is 11.2. The second kappa shape index (κ2) is 5.58. The molecule has 8 nitrogen and oxygen atoms in total. The van der Waals surface area contributed by atoms with Gasteiger partial charge in [0.2, 0.25) is 0 Å². The van der Waals surface area contributed by atoms with E-state index in [2.05, 4.69) is 5.32 Å². The fourth-order valence-electron chi connectivity index (χ4n) is 2.11. The quantitative estimate of drug-likeness (QED) is 0.625. The summed E-state index contributed by atoms with van der Waals surface area (Å²) in [5.41, 5.74) is 0.584. The van der Waals surface area contributed by atoms with E-state index in [0.717, 1.165) is 5.01 Å². The van der Waals surface area contributed by atoms with Crippen molar-refractivity contribution in [2.45, 2.75) is 0 Å². The molecule has 0 fully saturated rings. The van der Waals surface area contributed by atoms with Crippen molar-refractivity contribution in [1.82, 2.24) is 0 Å². The maximum atomic E-state index is 12.2. The normalized spacial score (nSPS) is 13.6. The van der Waals surface area contributed by atoms with E-state index in [4.69, 9.17) is 23.2 Å². The minimum Gasteiger partial charge on any atom is -0.304 e. The summed E-state index contributed by atoms with van der Waals surface area (Å²) in [4.78, 5) is 22.3. The molecule has 1 aliphatic rings. The second-order valence-corrected chi connectivity index (χ2v) is 5.40. The monoisotopic (exact) mass is 354 g/mol. The molecule has 1 aliphatic heterocycles. The third-order valence-electron chi connectivity index (χ3n) is 3.18. The van der Waals surface area contributed by atoms with Crippen LogP contribution < -0.4 is 15.5 Å². The first kappa shape index (κ1) is 15.3. The molecule has 2 amide bonds. The molecule has 0 spiro atoms. The molecule has 0 saturated carbocycles. The van der Waals surface area contributed by atoms with Crippen molar-refractivity contribution in [3.8, 4) is 0 Å². The number of anilines is 3. The molecule has 0 radical (unpaired) electrons. The lowest BCUT2D eigenvalue weighted by Gasteiger charge is -2.36. The van der Waals surface area contributed by atoms with Crippen LogP contribution in [0.1, 0.15) is 0 Å². The number of nitrogens with zero attached hydrogens (tertiary/aromatic N) is 3. The average Bonchev–Trinajstić information content (AvgIpc) is 2.50. The summed E-state index contributed by atoms with van der Waals surface area (Å²) in [6, 6.07) is 7.26. The molecule has 3 rings (SSSR count). The number of carbonyl (C=O) groups excluding carboxylic acids is 1. The first-order chi connectivity index (χ1) is 10.9. The third-order valence-corrected chi connectivity index (χ3v) is 3.90. The van der Waals surface area contributed by atoms with Gasteiger partial charge in [0.1, 0.15) is 5.69 Å². The van der Waals surface area contributed by atoms with Crippen molar-refractivity contribution in [3.05, 3.63) is 56.6 Å². The number of hydrogen-bond donors (Lipinski definition) is 2. The molecule has 23 heavy (non-hydrogen) atoms. The first-order valence-electron chi connectivity index (χ1n) is 6.22. The highest BCUT2D eigenvalue weighted by Crippen LogP contribution is 2.38. The summed E-state index contributed by atoms with van der Waals surface area (Å²) >= 11 is 11.8. The number of benzene rings is 2. The Hall–Kier alpha value is -2.55. The highest BCUT2D eigenvalue weighted by Gasteiger charge is 2.31. The highest BCUT2D eigenvalue weighted by atomic mass is 35.5. The molecule has 0 bridgehead atoms. The topological polar surface area (TPSA) is 99.0 Å². The molecule has 2 aromatic rings. The van der Waals surface area contributed by atoms with Gasteiger partial charge < -0.3 is 5.32 Å². The molecule has 0 aromatic heterocycles. The van der Waals surface area contributed by atoms with Crippen molar-refractivity contribution in [2.75, 3.05) is 15.5 Å². The zero-order valence-corrected chi connectivity index (χ0v) is 12.7. The number of hydrazine groups is 1. The molecule has 0 aliphatic carbocycles. The van der Waals surface area contributed by atoms with Crippen LogP contribution in [-0.4, -0.2) is 16.2 Å². The number of hydrogen-bond acceptors (Lipinski definition) is 5. The number of carbonyl (C=O) groups is 1. The van der Waals surface area contributed by atoms with E-state index >= 15 is 0 Å². The van der Waals surface area contributed by atoms with Gasteiger partial charge in [0.15, 0.2) is 0 Å². The van der Waals surface area contributed by atoms with Crippen molar-refractivity contribution in [1.29, 1.82) is 0 Å². The molecule has 0 saturated heterocycles. The number of urea groups is 1. The number of halogens is 2. The lowest BCUT2D eigenvalue weighted by molar-refractivity contribution is -0.384. The number of rotatable bonds is 2. The van der Waals surface area contributed by atoms with Crippen LogP contribution >= 0.6 is 23.2 Å². The van der Waals surface area contributed by atoms with E-state index in [0.29, 0.717) is 5.17 Å². The molecule has 0 unspecified atom stereocenters. The number of nitro groups is 1. The van der Waals surface area contributed by atoms with E-state index in [1.165, 1.54) is 36.4 Å². The molecule has 2 N–H and O–H groups in total. The van der Waals surface area contributed by atoms with Gasteiger partial charge in [0, 0.05) is 12.1 Å². The summed E-state index contributed by atoms with van der Waals surface area (Å²) in [6.45, 7) is 0. The van der Waals surface area contributed by atoms with Crippen LogP contribution in [0.3, 0.4) is 0 Å². The Bertz CT molecular complexity index is 812. The van der Waals surface area contributed by atoms with Gasteiger partial charge in [-0.2, -0.15) is 10.2 Å². The van der Waals surface area contributed by atoms with E-state index in [9.17, 15) is 20.1 Å². The SMILES string of the molecule is O=C1Nc2cc(Cl)c(Cl)cc2N(O)N1c1ccc([N+](=O)[O-])cc1. The Balaban J connectivity index is 2.01. The van der Waals surface area contributed by atoms with Gasteiger partial charge in [-0.1, -0.05) is 23.2 Å². The van der Waals surface area contributed by atoms with Gasteiger partial charge in [-0.3, -0.25) is 15.3 Å². The van der Waals surface area contributed by atoms with Crippen LogP contribution in [0.15, 0.2) is 36.4 Å². The summed E-state index contributed by atoms with van der Waals surface area (Å²) in [6.07, 6.45) is 0. The fourth-order valence-corrected chi connectivity index (χ4v) is 2.43. The standard InChI is InChI=1S/C13H8Cl2N4O4/c14-9-5-11-12(6-10(9)15)18(21)17(13(20)16-11)7-1-3-8(4-2-7)19(22)23/h1-6,21H,(H,16,20). The van der Waals surface area contributed by atoms with Gasteiger partial charge in [0.05, 0.1) is 26.3 Å². The number of amides is 2. The van der Waals surface area contributed by atoms with Gasteiger partial charge in [-0.25, -0.2) is 4.79 Å². The Labute approximate surface area is 139 Å². The maximum absolute atomic E-state index is 12.2. The maximum Gasteiger partial charge on any atom is 0.347 e. The fraction of sp³-hybridized carbons (Fsp3) is 0. The van der Waals surface area contributed by atoms with E-state index in [1.54, 1.807) is 0 Å². The average molecular weight is 355 g/mol. The predicted octanol–water partition coefficient (Wildman–Crippen LogP) is 4.06. The van der Waals surface area contributed by atoms with Crippen LogP contribution in [0, 0.1) is 10.1 Å². The molecule has 1 heterocycles. The van der Waals surface area contributed by atoms with E-state index in [1.807, 2.05) is 0 Å². The minimum atomic E-state index is -0.660. The molecule has 10 heteroatoms. The minimum absolute atomic E-state index is 0.133. The molecule has 118 valence electrons. The number of nitrogens with one attached hydrogen (secondary N) is 1.